The van der Waals surface area contributed by atoms with Crippen LogP contribution in [0, 0.1) is 10.8 Å². The number of amides is 1. The number of ether oxygens (including phenoxy) is 1. The van der Waals surface area contributed by atoms with Gasteiger partial charge in [-0.1, -0.05) is 71.9 Å². The van der Waals surface area contributed by atoms with Crippen LogP contribution in [0.15, 0.2) is 30.3 Å². The summed E-state index contributed by atoms with van der Waals surface area (Å²) in [5.41, 5.74) is -3.57. The zero-order valence-corrected chi connectivity index (χ0v) is 16.0. The van der Waals surface area contributed by atoms with Gasteiger partial charge in [-0.25, -0.2) is 4.79 Å². The Morgan fingerprint density at radius 1 is 1.12 bits per heavy atom. The molecule has 0 radical (unpaired) electrons. The van der Waals surface area contributed by atoms with Crippen molar-refractivity contribution in [3.05, 3.63) is 35.9 Å². The number of nitrogens with one attached hydrogen (secondary N) is 1. The maximum Gasteiger partial charge on any atom is 0.339 e. The number of esters is 1. The number of rotatable bonds is 3. The van der Waals surface area contributed by atoms with E-state index in [-0.39, 0.29) is 12.3 Å². The Balaban J connectivity index is 2.31. The molecule has 2 rings (SSSR count). The lowest BCUT2D eigenvalue weighted by Crippen LogP contribution is -2.56. The first-order chi connectivity index (χ1) is 11.3. The van der Waals surface area contributed by atoms with Crippen molar-refractivity contribution in [1.29, 1.82) is 0 Å². The second kappa shape index (κ2) is 6.13. The highest BCUT2D eigenvalue weighted by Gasteiger charge is 2.67. The van der Waals surface area contributed by atoms with Gasteiger partial charge in [0, 0.05) is 23.8 Å². The molecule has 0 spiro atoms. The van der Waals surface area contributed by atoms with E-state index in [4.69, 9.17) is 4.74 Å². The minimum atomic E-state index is -1.70. The smallest absolute Gasteiger partial charge is 0.339 e. The lowest BCUT2D eigenvalue weighted by Gasteiger charge is -2.40. The van der Waals surface area contributed by atoms with Gasteiger partial charge >= 0.3 is 5.97 Å². The molecule has 0 bridgehead atoms. The highest BCUT2D eigenvalue weighted by atomic mass is 16.6. The lowest BCUT2D eigenvalue weighted by atomic mass is 9.66. The predicted octanol–water partition coefficient (Wildman–Crippen LogP) is 2.81. The van der Waals surface area contributed by atoms with Crippen LogP contribution in [0.3, 0.4) is 0 Å². The highest BCUT2D eigenvalue weighted by Crippen LogP contribution is 2.51. The van der Waals surface area contributed by atoms with Crippen molar-refractivity contribution in [2.75, 3.05) is 0 Å². The topological polar surface area (TPSA) is 75.6 Å². The Bertz CT molecular complexity index is 657. The van der Waals surface area contributed by atoms with E-state index in [0.29, 0.717) is 6.54 Å². The molecule has 0 unspecified atom stereocenters. The van der Waals surface area contributed by atoms with Gasteiger partial charge in [0.2, 0.25) is 0 Å². The lowest BCUT2D eigenvalue weighted by molar-refractivity contribution is -0.175. The molecule has 2 N–H and O–H groups in total. The first-order valence-corrected chi connectivity index (χ1v) is 8.62. The van der Waals surface area contributed by atoms with Crippen LogP contribution in [0.25, 0.3) is 0 Å². The summed E-state index contributed by atoms with van der Waals surface area (Å²) in [7, 11) is 0. The van der Waals surface area contributed by atoms with E-state index in [1.54, 1.807) is 20.8 Å². The molecule has 1 fully saturated rings. The van der Waals surface area contributed by atoms with Gasteiger partial charge in [0.15, 0.2) is 11.2 Å². The fourth-order valence-electron chi connectivity index (χ4n) is 3.09. The van der Waals surface area contributed by atoms with Crippen molar-refractivity contribution in [3.8, 4) is 0 Å². The Morgan fingerprint density at radius 3 is 2.12 bits per heavy atom. The number of carbonyl (C=O) groups excluding carboxylic acids is 2. The number of hydrogen-bond acceptors (Lipinski definition) is 4. The van der Waals surface area contributed by atoms with Crippen LogP contribution in [0.5, 0.6) is 0 Å². The molecule has 5 heteroatoms. The summed E-state index contributed by atoms with van der Waals surface area (Å²) >= 11 is 0. The number of hydrogen-bond donors (Lipinski definition) is 2. The Labute approximate surface area is 149 Å². The fraction of sp³-hybridized carbons (Fsp3) is 0.600. The summed E-state index contributed by atoms with van der Waals surface area (Å²) in [6.07, 6.45) is -0.0630. The summed E-state index contributed by atoms with van der Waals surface area (Å²) in [4.78, 5) is 25.6. The second-order valence-corrected chi connectivity index (χ2v) is 8.92. The number of benzene rings is 1. The highest BCUT2D eigenvalue weighted by molar-refractivity contribution is 5.95. The van der Waals surface area contributed by atoms with Crippen LogP contribution >= 0.6 is 0 Å². The standard InChI is InChI=1S/C20H29NO4/c1-17(2,3)19(24)13-20(18(4,5)6,25-16(19)23)15(22)21-12-14-10-8-7-9-11-14/h7-11,24H,12-13H2,1-6H3,(H,21,22)/t19-,20-/m1/s1. The van der Waals surface area contributed by atoms with Gasteiger partial charge in [0.1, 0.15) is 0 Å². The van der Waals surface area contributed by atoms with Crippen LogP contribution in [0.4, 0.5) is 0 Å². The van der Waals surface area contributed by atoms with E-state index in [9.17, 15) is 14.7 Å². The zero-order valence-electron chi connectivity index (χ0n) is 16.0. The molecule has 1 aromatic carbocycles. The maximum atomic E-state index is 13.0. The molecule has 0 aromatic heterocycles. The average Bonchev–Trinajstić information content (AvgIpc) is 2.79. The van der Waals surface area contributed by atoms with Crippen LogP contribution in [0.2, 0.25) is 0 Å². The molecule has 138 valence electrons. The first-order valence-electron chi connectivity index (χ1n) is 8.62. The monoisotopic (exact) mass is 347 g/mol. The van der Waals surface area contributed by atoms with Gasteiger partial charge in [-0.2, -0.15) is 0 Å². The van der Waals surface area contributed by atoms with E-state index in [1.165, 1.54) is 0 Å². The van der Waals surface area contributed by atoms with Gasteiger partial charge in [-0.15, -0.1) is 0 Å². The Morgan fingerprint density at radius 2 is 1.68 bits per heavy atom. The van der Waals surface area contributed by atoms with Crippen LogP contribution in [-0.4, -0.2) is 28.2 Å². The molecule has 1 aliphatic rings. The van der Waals surface area contributed by atoms with Gasteiger partial charge in [-0.3, -0.25) is 4.79 Å². The molecule has 25 heavy (non-hydrogen) atoms. The number of aliphatic hydroxyl groups is 1. The number of cyclic esters (lactones) is 1. The normalized spacial score (nSPS) is 27.1. The largest absolute Gasteiger partial charge is 0.446 e. The molecule has 1 amide bonds. The molecule has 5 nitrogen and oxygen atoms in total. The summed E-state index contributed by atoms with van der Waals surface area (Å²) in [6, 6.07) is 9.53. The molecule has 1 aromatic rings. The zero-order chi connectivity index (χ0) is 19.1. The maximum absolute atomic E-state index is 13.0. The summed E-state index contributed by atoms with van der Waals surface area (Å²) in [5, 5.41) is 13.8. The van der Waals surface area contributed by atoms with Gasteiger partial charge in [-0.05, 0) is 5.56 Å². The average molecular weight is 347 g/mol. The summed E-state index contributed by atoms with van der Waals surface area (Å²) in [5.74, 6) is -1.11. The van der Waals surface area contributed by atoms with Crippen molar-refractivity contribution >= 4 is 11.9 Å². The van der Waals surface area contributed by atoms with Crippen molar-refractivity contribution in [2.24, 2.45) is 10.8 Å². The van der Waals surface area contributed by atoms with Crippen molar-refractivity contribution in [3.63, 3.8) is 0 Å². The Kier molecular flexibility index (Phi) is 4.77. The molecule has 0 saturated carbocycles. The van der Waals surface area contributed by atoms with Crippen molar-refractivity contribution < 1.29 is 19.4 Å². The first kappa shape index (κ1) is 19.4. The van der Waals surface area contributed by atoms with Crippen LogP contribution in [0.1, 0.15) is 53.5 Å². The summed E-state index contributed by atoms with van der Waals surface area (Å²) in [6.45, 7) is 11.2. The summed E-state index contributed by atoms with van der Waals surface area (Å²) < 4.78 is 5.60. The molecule has 2 atom stereocenters. The second-order valence-electron chi connectivity index (χ2n) is 8.92. The van der Waals surface area contributed by atoms with Crippen molar-refractivity contribution in [1.82, 2.24) is 5.32 Å². The molecule has 0 aliphatic carbocycles. The molecular formula is C20H29NO4. The molecule has 1 saturated heterocycles. The molecule has 1 heterocycles. The number of carbonyl (C=O) groups is 2. The van der Waals surface area contributed by atoms with Gasteiger partial charge < -0.3 is 15.2 Å². The van der Waals surface area contributed by atoms with E-state index in [1.807, 2.05) is 51.1 Å². The third-order valence-electron chi connectivity index (χ3n) is 5.22. The van der Waals surface area contributed by atoms with E-state index in [0.717, 1.165) is 5.56 Å². The fourth-order valence-corrected chi connectivity index (χ4v) is 3.09. The van der Waals surface area contributed by atoms with E-state index >= 15 is 0 Å². The van der Waals surface area contributed by atoms with E-state index < -0.39 is 28.0 Å². The Hall–Kier alpha value is -1.88. The molecular weight excluding hydrogens is 318 g/mol. The minimum absolute atomic E-state index is 0.0630. The van der Waals surface area contributed by atoms with Gasteiger partial charge in [0.05, 0.1) is 0 Å². The van der Waals surface area contributed by atoms with Crippen molar-refractivity contribution in [2.45, 2.75) is 65.7 Å². The molecule has 1 aliphatic heterocycles. The predicted molar refractivity (Wildman–Crippen MR) is 95.6 cm³/mol. The quantitative estimate of drug-likeness (QED) is 0.825. The van der Waals surface area contributed by atoms with Gasteiger partial charge in [0.25, 0.3) is 5.91 Å². The SMILES string of the molecule is CC(C)(C)[C@@]1(O)C[C@@](C(=O)NCc2ccccc2)(C(C)(C)C)OC1=O. The van der Waals surface area contributed by atoms with E-state index in [2.05, 4.69) is 5.32 Å². The third kappa shape index (κ3) is 3.30. The minimum Gasteiger partial charge on any atom is -0.446 e. The third-order valence-corrected chi connectivity index (χ3v) is 5.22. The van der Waals surface area contributed by atoms with Crippen LogP contribution in [-0.2, 0) is 20.9 Å². The van der Waals surface area contributed by atoms with Crippen LogP contribution < -0.4 is 5.32 Å².